The lowest BCUT2D eigenvalue weighted by atomic mass is 10.2. The van der Waals surface area contributed by atoms with Crippen LogP contribution in [0.5, 0.6) is 0 Å². The van der Waals surface area contributed by atoms with Crippen LogP contribution in [0.2, 0.25) is 0 Å². The number of hydrogen-bond acceptors (Lipinski definition) is 5. The summed E-state index contributed by atoms with van der Waals surface area (Å²) in [5.74, 6) is -0.508. The van der Waals surface area contributed by atoms with Crippen LogP contribution in [0, 0.1) is 0 Å². The average Bonchev–Trinajstić information content (AvgIpc) is 2.41. The first-order valence-corrected chi connectivity index (χ1v) is 5.23. The van der Waals surface area contributed by atoms with Crippen LogP contribution in [0.4, 0.5) is 4.79 Å². The molecule has 1 aromatic rings. The Morgan fingerprint density at radius 1 is 1.28 bits per heavy atom. The summed E-state index contributed by atoms with van der Waals surface area (Å²) in [6.07, 6.45) is 0.388. The molecule has 0 aliphatic heterocycles. The Morgan fingerprint density at radius 3 is 2.67 bits per heavy atom. The van der Waals surface area contributed by atoms with E-state index in [0.29, 0.717) is 0 Å². The first-order chi connectivity index (χ1) is 8.72. The van der Waals surface area contributed by atoms with Gasteiger partial charge in [0.05, 0.1) is 6.54 Å². The van der Waals surface area contributed by atoms with Gasteiger partial charge in [0.25, 0.3) is 5.91 Å². The number of hydroxylamine groups is 1. The van der Waals surface area contributed by atoms with E-state index in [4.69, 9.17) is 4.74 Å². The maximum Gasteiger partial charge on any atom is 0.533 e. The molecular formula is C12H14N2O4. The first-order valence-electron chi connectivity index (χ1n) is 5.23. The quantitative estimate of drug-likeness (QED) is 0.604. The van der Waals surface area contributed by atoms with Crippen molar-refractivity contribution in [3.63, 3.8) is 0 Å². The van der Waals surface area contributed by atoms with Gasteiger partial charge in [-0.05, 0) is 11.8 Å². The molecule has 0 spiro atoms. The molecule has 0 saturated carbocycles. The highest BCUT2D eigenvalue weighted by molar-refractivity contribution is 5.78. The zero-order chi connectivity index (χ0) is 13.2. The Kier molecular flexibility index (Phi) is 5.82. The number of nitrogens with one attached hydrogen (secondary N) is 2. The molecule has 0 aromatic heterocycles. The van der Waals surface area contributed by atoms with Gasteiger partial charge in [0.15, 0.2) is 0 Å². The van der Waals surface area contributed by atoms with Gasteiger partial charge in [-0.1, -0.05) is 36.9 Å². The normalized spacial score (nSPS) is 9.11. The van der Waals surface area contributed by atoms with Crippen molar-refractivity contribution in [1.82, 2.24) is 10.8 Å². The molecule has 6 heteroatoms. The van der Waals surface area contributed by atoms with E-state index in [1.165, 1.54) is 6.20 Å². The van der Waals surface area contributed by atoms with Crippen LogP contribution in [0.15, 0.2) is 43.1 Å². The van der Waals surface area contributed by atoms with Gasteiger partial charge >= 0.3 is 6.16 Å². The zero-order valence-electron chi connectivity index (χ0n) is 9.72. The van der Waals surface area contributed by atoms with Gasteiger partial charge in [0.1, 0.15) is 6.61 Å². The summed E-state index contributed by atoms with van der Waals surface area (Å²) < 4.78 is 4.77. The lowest BCUT2D eigenvalue weighted by Gasteiger charge is -2.06. The second-order valence-corrected chi connectivity index (χ2v) is 3.24. The lowest BCUT2D eigenvalue weighted by molar-refractivity contribution is -0.130. The third kappa shape index (κ3) is 5.55. The summed E-state index contributed by atoms with van der Waals surface area (Å²) in [6.45, 7) is 3.42. The van der Waals surface area contributed by atoms with Crippen molar-refractivity contribution in [3.05, 3.63) is 48.7 Å². The van der Waals surface area contributed by atoms with Crippen molar-refractivity contribution >= 4 is 12.1 Å². The molecule has 0 saturated heterocycles. The highest BCUT2D eigenvalue weighted by atomic mass is 16.8. The van der Waals surface area contributed by atoms with Gasteiger partial charge in [-0.2, -0.15) is 5.48 Å². The molecule has 0 aliphatic rings. The van der Waals surface area contributed by atoms with Crippen LogP contribution in [0.25, 0.3) is 0 Å². The maximum atomic E-state index is 11.1. The maximum absolute atomic E-state index is 11.1. The van der Waals surface area contributed by atoms with Crippen LogP contribution in [-0.2, 0) is 21.0 Å². The van der Waals surface area contributed by atoms with E-state index in [1.54, 1.807) is 12.1 Å². The first kappa shape index (κ1) is 13.6. The summed E-state index contributed by atoms with van der Waals surface area (Å²) in [5.41, 5.74) is 2.76. The van der Waals surface area contributed by atoms with Crippen LogP contribution >= 0.6 is 0 Å². The number of carbonyl (C=O) groups excluding carboxylic acids is 2. The fourth-order valence-corrected chi connectivity index (χ4v) is 1.05. The second kappa shape index (κ2) is 7.72. The third-order valence-electron chi connectivity index (χ3n) is 1.85. The average molecular weight is 250 g/mol. The molecule has 18 heavy (non-hydrogen) atoms. The van der Waals surface area contributed by atoms with Crippen LogP contribution in [0.3, 0.4) is 0 Å². The summed E-state index contributed by atoms with van der Waals surface area (Å²) in [7, 11) is 0. The summed E-state index contributed by atoms with van der Waals surface area (Å²) in [4.78, 5) is 26.5. The van der Waals surface area contributed by atoms with Crippen LogP contribution in [0.1, 0.15) is 5.56 Å². The van der Waals surface area contributed by atoms with E-state index in [1.807, 2.05) is 23.7 Å². The molecule has 1 amide bonds. The molecule has 0 atom stereocenters. The molecule has 0 bridgehead atoms. The van der Waals surface area contributed by atoms with Crippen LogP contribution < -0.4 is 10.8 Å². The summed E-state index contributed by atoms with van der Waals surface area (Å²) >= 11 is 0. The van der Waals surface area contributed by atoms with E-state index in [2.05, 4.69) is 16.7 Å². The number of hydrogen-bond donors (Lipinski definition) is 2. The smallest absolute Gasteiger partial charge is 0.428 e. The standard InChI is InChI=1S/C12H14N2O4/c1-2-13-8-11(15)14-18-12(16)17-9-10-6-4-3-5-7-10/h2-7,13H,1,8-9H2,(H,14,15). The monoisotopic (exact) mass is 250 g/mol. The number of amides is 1. The van der Waals surface area contributed by atoms with Gasteiger partial charge in [0.2, 0.25) is 0 Å². The molecule has 96 valence electrons. The van der Waals surface area contributed by atoms with E-state index < -0.39 is 12.1 Å². The summed E-state index contributed by atoms with van der Waals surface area (Å²) in [5, 5.41) is 2.55. The fourth-order valence-electron chi connectivity index (χ4n) is 1.05. The molecule has 0 unspecified atom stereocenters. The molecule has 2 N–H and O–H groups in total. The lowest BCUT2D eigenvalue weighted by Crippen LogP contribution is -2.33. The van der Waals surface area contributed by atoms with Gasteiger partial charge in [-0.3, -0.25) is 4.79 Å². The predicted octanol–water partition coefficient (Wildman–Crippen LogP) is 1.10. The highest BCUT2D eigenvalue weighted by Gasteiger charge is 2.07. The minimum absolute atomic E-state index is 0.0323. The number of benzene rings is 1. The number of rotatable bonds is 5. The predicted molar refractivity (Wildman–Crippen MR) is 64.1 cm³/mol. The highest BCUT2D eigenvalue weighted by Crippen LogP contribution is 2.00. The van der Waals surface area contributed by atoms with Crippen molar-refractivity contribution in [2.24, 2.45) is 0 Å². The molecule has 6 nitrogen and oxygen atoms in total. The Bertz CT molecular complexity index is 406. The molecule has 0 fully saturated rings. The Morgan fingerprint density at radius 2 is 2.00 bits per heavy atom. The minimum atomic E-state index is -0.967. The number of ether oxygens (including phenoxy) is 1. The Hall–Kier alpha value is -2.50. The van der Waals surface area contributed by atoms with E-state index in [0.717, 1.165) is 5.56 Å². The van der Waals surface area contributed by atoms with Crippen molar-refractivity contribution < 1.29 is 19.2 Å². The van der Waals surface area contributed by atoms with E-state index >= 15 is 0 Å². The topological polar surface area (TPSA) is 76.7 Å². The molecule has 1 rings (SSSR count). The molecule has 0 aliphatic carbocycles. The largest absolute Gasteiger partial charge is 0.533 e. The van der Waals surface area contributed by atoms with Crippen molar-refractivity contribution in [1.29, 1.82) is 0 Å². The Labute approximate surface area is 105 Å². The van der Waals surface area contributed by atoms with Crippen molar-refractivity contribution in [2.75, 3.05) is 6.54 Å². The second-order valence-electron chi connectivity index (χ2n) is 3.24. The minimum Gasteiger partial charge on any atom is -0.428 e. The molecule has 1 aromatic carbocycles. The zero-order valence-corrected chi connectivity index (χ0v) is 9.72. The molecule has 0 radical (unpaired) electrons. The van der Waals surface area contributed by atoms with Gasteiger partial charge < -0.3 is 14.9 Å². The Balaban J connectivity index is 2.18. The fraction of sp³-hybridized carbons (Fsp3) is 0.167. The number of carbonyl (C=O) groups is 2. The van der Waals surface area contributed by atoms with Gasteiger partial charge in [0, 0.05) is 0 Å². The van der Waals surface area contributed by atoms with E-state index in [-0.39, 0.29) is 13.2 Å². The van der Waals surface area contributed by atoms with Gasteiger partial charge in [-0.15, -0.1) is 0 Å². The third-order valence-corrected chi connectivity index (χ3v) is 1.85. The molecular weight excluding hydrogens is 236 g/mol. The van der Waals surface area contributed by atoms with Crippen LogP contribution in [-0.4, -0.2) is 18.6 Å². The molecule has 0 heterocycles. The van der Waals surface area contributed by atoms with Crippen molar-refractivity contribution in [2.45, 2.75) is 6.61 Å². The van der Waals surface area contributed by atoms with E-state index in [9.17, 15) is 9.59 Å². The van der Waals surface area contributed by atoms with Crippen molar-refractivity contribution in [3.8, 4) is 0 Å². The SMILES string of the molecule is C=CNCC(=O)NOC(=O)OCc1ccccc1. The van der Waals surface area contributed by atoms with Gasteiger partial charge in [-0.25, -0.2) is 4.79 Å². The summed E-state index contributed by atoms with van der Waals surface area (Å²) in [6, 6.07) is 9.12.